The van der Waals surface area contributed by atoms with Gasteiger partial charge in [0.25, 0.3) is 0 Å². The van der Waals surface area contributed by atoms with Gasteiger partial charge in [0, 0.05) is 36.2 Å². The van der Waals surface area contributed by atoms with Gasteiger partial charge in [0.2, 0.25) is 0 Å². The van der Waals surface area contributed by atoms with E-state index in [1.54, 1.807) is 0 Å². The van der Waals surface area contributed by atoms with Gasteiger partial charge < -0.3 is 5.32 Å². The lowest BCUT2D eigenvalue weighted by molar-refractivity contribution is 0.251. The Bertz CT molecular complexity index is 376. The van der Waals surface area contributed by atoms with Crippen LogP contribution in [0.3, 0.4) is 0 Å². The molecule has 1 aromatic carbocycles. The Kier molecular flexibility index (Phi) is 3.50. The molecule has 0 radical (unpaired) electrons. The molecular weight excluding hydrogens is 276 g/mol. The molecule has 2 nitrogen and oxygen atoms in total. The lowest BCUT2D eigenvalue weighted by Gasteiger charge is -2.23. The summed E-state index contributed by atoms with van der Waals surface area (Å²) < 4.78 is 1.16. The first-order valence-electron chi connectivity index (χ1n) is 6.52. The fourth-order valence-corrected chi connectivity index (χ4v) is 3.27. The van der Waals surface area contributed by atoms with Crippen LogP contribution in [0.25, 0.3) is 0 Å². The maximum Gasteiger partial charge on any atom is 0.0234 e. The lowest BCUT2D eigenvalue weighted by atomic mass is 10.1. The summed E-state index contributed by atoms with van der Waals surface area (Å²) >= 11 is 3.49. The molecule has 0 aromatic heterocycles. The van der Waals surface area contributed by atoms with Gasteiger partial charge in [0.15, 0.2) is 0 Å². The molecule has 2 aliphatic rings. The minimum Gasteiger partial charge on any atom is -0.310 e. The minimum absolute atomic E-state index is 0.734. The van der Waals surface area contributed by atoms with Gasteiger partial charge in [0.05, 0.1) is 0 Å². The molecule has 2 fully saturated rings. The van der Waals surface area contributed by atoms with Crippen LogP contribution in [-0.4, -0.2) is 30.1 Å². The Morgan fingerprint density at radius 3 is 2.71 bits per heavy atom. The average molecular weight is 295 g/mol. The highest BCUT2D eigenvalue weighted by molar-refractivity contribution is 9.10. The van der Waals surface area contributed by atoms with Crippen molar-refractivity contribution in [2.24, 2.45) is 0 Å². The molecule has 2 bridgehead atoms. The van der Waals surface area contributed by atoms with E-state index in [9.17, 15) is 0 Å². The van der Waals surface area contributed by atoms with E-state index in [4.69, 9.17) is 0 Å². The van der Waals surface area contributed by atoms with E-state index in [0.717, 1.165) is 23.1 Å². The zero-order valence-electron chi connectivity index (χ0n) is 10.0. The van der Waals surface area contributed by atoms with Crippen LogP contribution in [0.4, 0.5) is 0 Å². The second-order valence-electron chi connectivity index (χ2n) is 5.29. The molecule has 0 spiro atoms. The summed E-state index contributed by atoms with van der Waals surface area (Å²) in [5.74, 6) is 0. The van der Waals surface area contributed by atoms with Gasteiger partial charge in [-0.1, -0.05) is 28.1 Å². The van der Waals surface area contributed by atoms with Crippen molar-refractivity contribution in [2.45, 2.75) is 37.9 Å². The van der Waals surface area contributed by atoms with Gasteiger partial charge in [-0.15, -0.1) is 0 Å². The number of benzene rings is 1. The first kappa shape index (κ1) is 11.7. The maximum atomic E-state index is 3.73. The zero-order chi connectivity index (χ0) is 11.7. The molecule has 0 amide bonds. The van der Waals surface area contributed by atoms with Crippen LogP contribution in [0.15, 0.2) is 28.7 Å². The van der Waals surface area contributed by atoms with Crippen molar-refractivity contribution in [3.8, 4) is 0 Å². The van der Waals surface area contributed by atoms with E-state index in [1.165, 1.54) is 37.9 Å². The van der Waals surface area contributed by atoms with Crippen LogP contribution in [0, 0.1) is 0 Å². The number of nitrogens with zero attached hydrogens (tertiary/aromatic N) is 1. The Balaban J connectivity index is 1.63. The van der Waals surface area contributed by atoms with Crippen LogP contribution < -0.4 is 5.32 Å². The molecular formula is C14H19BrN2. The third-order valence-electron chi connectivity index (χ3n) is 3.93. The van der Waals surface area contributed by atoms with Gasteiger partial charge in [-0.2, -0.15) is 0 Å². The van der Waals surface area contributed by atoms with Gasteiger partial charge in [-0.3, -0.25) is 4.90 Å². The second-order valence-corrected chi connectivity index (χ2v) is 6.20. The van der Waals surface area contributed by atoms with E-state index >= 15 is 0 Å². The van der Waals surface area contributed by atoms with E-state index in [-0.39, 0.29) is 0 Å². The molecule has 1 aromatic rings. The number of rotatable bonds is 2. The number of hydrogen-bond acceptors (Lipinski definition) is 2. The van der Waals surface area contributed by atoms with Crippen molar-refractivity contribution in [1.82, 2.24) is 10.2 Å². The van der Waals surface area contributed by atoms with Crippen molar-refractivity contribution in [3.05, 3.63) is 34.3 Å². The van der Waals surface area contributed by atoms with Crippen LogP contribution >= 0.6 is 15.9 Å². The van der Waals surface area contributed by atoms with Crippen LogP contribution in [-0.2, 0) is 6.54 Å². The second kappa shape index (κ2) is 5.09. The number of halogens is 1. The Labute approximate surface area is 112 Å². The molecule has 2 heterocycles. The highest BCUT2D eigenvalue weighted by Crippen LogP contribution is 2.21. The van der Waals surface area contributed by atoms with Crippen LogP contribution in [0.5, 0.6) is 0 Å². The van der Waals surface area contributed by atoms with E-state index in [1.807, 2.05) is 0 Å². The number of fused-ring (bicyclic) bond motifs is 2. The van der Waals surface area contributed by atoms with Gasteiger partial charge in [-0.25, -0.2) is 0 Å². The molecule has 3 rings (SSSR count). The molecule has 2 unspecified atom stereocenters. The first-order chi connectivity index (χ1) is 8.29. The fourth-order valence-electron chi connectivity index (χ4n) is 3.01. The summed E-state index contributed by atoms with van der Waals surface area (Å²) in [5.41, 5.74) is 1.42. The topological polar surface area (TPSA) is 15.3 Å². The van der Waals surface area contributed by atoms with Gasteiger partial charge in [-0.05, 0) is 37.0 Å². The number of likely N-dealkylation sites (tertiary alicyclic amines) is 1. The molecule has 0 saturated carbocycles. The normalized spacial score (nSPS) is 29.2. The SMILES string of the molecule is Brc1ccc(CN2CCC3CCC(C2)N3)cc1. The average Bonchev–Trinajstić information content (AvgIpc) is 2.66. The zero-order valence-corrected chi connectivity index (χ0v) is 11.6. The molecule has 1 N–H and O–H groups in total. The largest absolute Gasteiger partial charge is 0.310 e. The van der Waals surface area contributed by atoms with Crippen molar-refractivity contribution in [2.75, 3.05) is 13.1 Å². The molecule has 17 heavy (non-hydrogen) atoms. The Morgan fingerprint density at radius 1 is 1.12 bits per heavy atom. The summed E-state index contributed by atoms with van der Waals surface area (Å²) in [6.45, 7) is 3.55. The Morgan fingerprint density at radius 2 is 1.88 bits per heavy atom. The van der Waals surface area contributed by atoms with Gasteiger partial charge >= 0.3 is 0 Å². The number of nitrogens with one attached hydrogen (secondary N) is 1. The predicted molar refractivity (Wildman–Crippen MR) is 74.0 cm³/mol. The van der Waals surface area contributed by atoms with E-state index in [0.29, 0.717) is 0 Å². The summed E-state index contributed by atoms with van der Waals surface area (Å²) in [6, 6.07) is 10.2. The predicted octanol–water partition coefficient (Wildman–Crippen LogP) is 2.78. The van der Waals surface area contributed by atoms with Crippen LogP contribution in [0.1, 0.15) is 24.8 Å². The van der Waals surface area contributed by atoms with Crippen LogP contribution in [0.2, 0.25) is 0 Å². The monoisotopic (exact) mass is 294 g/mol. The fraction of sp³-hybridized carbons (Fsp3) is 0.571. The summed E-state index contributed by atoms with van der Waals surface area (Å²) in [6.07, 6.45) is 4.06. The smallest absolute Gasteiger partial charge is 0.0234 e. The van der Waals surface area contributed by atoms with E-state index in [2.05, 4.69) is 50.4 Å². The molecule has 2 aliphatic heterocycles. The van der Waals surface area contributed by atoms with Crippen molar-refractivity contribution in [1.29, 1.82) is 0 Å². The third kappa shape index (κ3) is 2.90. The summed E-state index contributed by atoms with van der Waals surface area (Å²) in [4.78, 5) is 2.60. The molecule has 2 atom stereocenters. The van der Waals surface area contributed by atoms with Gasteiger partial charge in [0.1, 0.15) is 0 Å². The van der Waals surface area contributed by atoms with Crippen molar-refractivity contribution in [3.63, 3.8) is 0 Å². The summed E-state index contributed by atoms with van der Waals surface area (Å²) in [5, 5.41) is 3.73. The molecule has 92 valence electrons. The highest BCUT2D eigenvalue weighted by atomic mass is 79.9. The maximum absolute atomic E-state index is 3.73. The lowest BCUT2D eigenvalue weighted by Crippen LogP contribution is -2.34. The molecule has 3 heteroatoms. The third-order valence-corrected chi connectivity index (χ3v) is 4.46. The first-order valence-corrected chi connectivity index (χ1v) is 7.32. The summed E-state index contributed by atoms with van der Waals surface area (Å²) in [7, 11) is 0. The van der Waals surface area contributed by atoms with Crippen molar-refractivity contribution < 1.29 is 0 Å². The van der Waals surface area contributed by atoms with Crippen molar-refractivity contribution >= 4 is 15.9 Å². The van der Waals surface area contributed by atoms with E-state index < -0.39 is 0 Å². The highest BCUT2D eigenvalue weighted by Gasteiger charge is 2.28. The Hall–Kier alpha value is -0.380. The number of hydrogen-bond donors (Lipinski definition) is 1. The standard InChI is InChI=1S/C14H19BrN2/c15-12-3-1-11(2-4-12)9-17-8-7-13-5-6-14(10-17)16-13/h1-4,13-14,16H,5-10H2. The minimum atomic E-state index is 0.734. The quantitative estimate of drug-likeness (QED) is 0.902. The molecule has 2 saturated heterocycles. The molecule has 0 aliphatic carbocycles.